The summed E-state index contributed by atoms with van der Waals surface area (Å²) in [6.45, 7) is 3.27. The van der Waals surface area contributed by atoms with Crippen LogP contribution in [0.3, 0.4) is 0 Å². The Hall–Kier alpha value is -2.72. The van der Waals surface area contributed by atoms with Crippen molar-refractivity contribution in [2.75, 3.05) is 0 Å². The van der Waals surface area contributed by atoms with Crippen LogP contribution < -0.4 is 0 Å². The standard InChI is InChI=1S/C24H24N2O8/c1-3-4-16(28)32-13-6-15-24(20-18(13)34-20)8-11-21(29)25-10(22(30)26(11)15)7-23(24)14(25)5-12(31-9(2)27)17-19(23)33-17/h5-6,10-13,17-20H,3-4,7-8H2,1-2H3/t10-,11-,12+,13+,17-,18-,19-,20-,23-,24-/m0/s1. The normalized spacial score (nSPS) is 49.5. The lowest BCUT2D eigenvalue weighted by atomic mass is 9.52. The number of fused-ring (bicyclic) bond motifs is 2. The van der Waals surface area contributed by atoms with Crippen molar-refractivity contribution >= 4 is 23.8 Å². The maximum atomic E-state index is 13.8. The van der Waals surface area contributed by atoms with Gasteiger partial charge in [-0.25, -0.2) is 0 Å². The first-order valence-electron chi connectivity index (χ1n) is 12.1. The lowest BCUT2D eigenvalue weighted by Crippen LogP contribution is -2.60. The fourth-order valence-corrected chi connectivity index (χ4v) is 8.19. The Bertz CT molecular complexity index is 1180. The van der Waals surface area contributed by atoms with E-state index in [1.165, 1.54) is 6.92 Å². The lowest BCUT2D eigenvalue weighted by molar-refractivity contribution is -0.154. The number of amides is 2. The summed E-state index contributed by atoms with van der Waals surface area (Å²) in [6.07, 6.45) is 3.28. The highest BCUT2D eigenvalue weighted by atomic mass is 16.6. The molecule has 9 aliphatic rings. The third-order valence-corrected chi connectivity index (χ3v) is 9.27. The van der Waals surface area contributed by atoms with Crippen molar-refractivity contribution in [3.8, 4) is 0 Å². The van der Waals surface area contributed by atoms with E-state index in [2.05, 4.69) is 0 Å². The van der Waals surface area contributed by atoms with Crippen LogP contribution in [-0.2, 0) is 38.1 Å². The predicted molar refractivity (Wildman–Crippen MR) is 109 cm³/mol. The highest BCUT2D eigenvalue weighted by Gasteiger charge is 2.87. The Morgan fingerprint density at radius 1 is 0.941 bits per heavy atom. The molecular weight excluding hydrogens is 444 g/mol. The van der Waals surface area contributed by atoms with E-state index in [4.69, 9.17) is 18.9 Å². The average Bonchev–Trinajstić information content (AvgIpc) is 3.68. The van der Waals surface area contributed by atoms with Gasteiger partial charge in [-0.3, -0.25) is 19.2 Å². The summed E-state index contributed by atoms with van der Waals surface area (Å²) in [7, 11) is 0. The second kappa shape index (κ2) is 5.73. The molecule has 2 aliphatic carbocycles. The highest BCUT2D eigenvalue weighted by molar-refractivity contribution is 6.03. The van der Waals surface area contributed by atoms with Crippen molar-refractivity contribution in [2.24, 2.45) is 10.8 Å². The first-order chi connectivity index (χ1) is 16.3. The van der Waals surface area contributed by atoms with Crippen LogP contribution in [0.15, 0.2) is 23.5 Å². The smallest absolute Gasteiger partial charge is 0.306 e. The third kappa shape index (κ3) is 1.89. The quantitative estimate of drug-likeness (QED) is 0.423. The summed E-state index contributed by atoms with van der Waals surface area (Å²) < 4.78 is 23.7. The van der Waals surface area contributed by atoms with Gasteiger partial charge in [0.15, 0.2) is 12.2 Å². The van der Waals surface area contributed by atoms with Gasteiger partial charge in [-0.05, 0) is 31.4 Å². The zero-order valence-corrected chi connectivity index (χ0v) is 18.8. The van der Waals surface area contributed by atoms with Crippen LogP contribution in [0.2, 0.25) is 0 Å². The Balaban J connectivity index is 1.33. The van der Waals surface area contributed by atoms with Crippen LogP contribution in [0.1, 0.15) is 39.5 Å². The average molecular weight is 468 g/mol. The van der Waals surface area contributed by atoms with E-state index in [-0.39, 0.29) is 42.2 Å². The first kappa shape index (κ1) is 19.6. The second-order valence-electron chi connectivity index (χ2n) is 10.7. The van der Waals surface area contributed by atoms with E-state index in [1.54, 1.807) is 9.80 Å². The minimum absolute atomic E-state index is 0.108. The van der Waals surface area contributed by atoms with Gasteiger partial charge in [0.1, 0.15) is 36.5 Å². The molecule has 178 valence electrons. The maximum Gasteiger partial charge on any atom is 0.306 e. The topological polar surface area (TPSA) is 118 Å². The summed E-state index contributed by atoms with van der Waals surface area (Å²) in [5, 5.41) is 0. The molecule has 7 heterocycles. The second-order valence-corrected chi connectivity index (χ2v) is 10.7. The number of carbonyl (C=O) groups excluding carboxylic acids is 4. The number of piperazine rings is 1. The molecule has 10 atom stereocenters. The number of nitrogens with zero attached hydrogens (tertiary/aromatic N) is 2. The molecule has 0 aromatic heterocycles. The van der Waals surface area contributed by atoms with Gasteiger partial charge < -0.3 is 28.7 Å². The SMILES string of the molecule is CCCC(=O)O[C@@H]1C=C2N3C(=O)[C@@H]4C[C@]56C(=C[C@@H](OC(C)=O)[C@@H]7O[C@@H]75)N4C(=O)[C@@H]3C[C@@]26[C@H]2O[C@@H]12. The molecule has 7 fully saturated rings. The number of ether oxygens (including phenoxy) is 4. The van der Waals surface area contributed by atoms with Crippen molar-refractivity contribution in [3.63, 3.8) is 0 Å². The Labute approximate surface area is 194 Å². The van der Waals surface area contributed by atoms with Gasteiger partial charge in [0.25, 0.3) is 11.8 Å². The van der Waals surface area contributed by atoms with Gasteiger partial charge in [-0.15, -0.1) is 0 Å². The molecule has 0 unspecified atom stereocenters. The monoisotopic (exact) mass is 468 g/mol. The predicted octanol–water partition coefficient (Wildman–Crippen LogP) is 0.162. The minimum Gasteiger partial charge on any atom is -0.455 e. The van der Waals surface area contributed by atoms with Crippen molar-refractivity contribution in [1.82, 2.24) is 9.80 Å². The Morgan fingerprint density at radius 3 is 1.91 bits per heavy atom. The van der Waals surface area contributed by atoms with Crippen molar-refractivity contribution < 1.29 is 38.1 Å². The first-order valence-corrected chi connectivity index (χ1v) is 12.1. The zero-order chi connectivity index (χ0) is 23.3. The van der Waals surface area contributed by atoms with E-state index in [1.807, 2.05) is 19.1 Å². The molecule has 6 bridgehead atoms. The van der Waals surface area contributed by atoms with Gasteiger partial charge in [0.05, 0.1) is 10.8 Å². The molecule has 10 nitrogen and oxygen atoms in total. The van der Waals surface area contributed by atoms with Crippen LogP contribution >= 0.6 is 0 Å². The summed E-state index contributed by atoms with van der Waals surface area (Å²) in [5.74, 6) is -0.929. The minimum atomic E-state index is -0.631. The molecule has 0 N–H and O–H groups in total. The van der Waals surface area contributed by atoms with Gasteiger partial charge in [0, 0.05) is 24.7 Å². The van der Waals surface area contributed by atoms with Crippen LogP contribution in [0, 0.1) is 10.8 Å². The van der Waals surface area contributed by atoms with E-state index >= 15 is 0 Å². The number of epoxide rings is 2. The Kier molecular flexibility index (Phi) is 3.30. The number of hydrogen-bond donors (Lipinski definition) is 0. The molecule has 0 saturated carbocycles. The molecule has 0 radical (unpaired) electrons. The van der Waals surface area contributed by atoms with Gasteiger partial charge in [0.2, 0.25) is 0 Å². The number of esters is 2. The molecule has 2 amide bonds. The number of carbonyl (C=O) groups is 4. The van der Waals surface area contributed by atoms with Gasteiger partial charge >= 0.3 is 11.9 Å². The largest absolute Gasteiger partial charge is 0.455 e. The van der Waals surface area contributed by atoms with Crippen molar-refractivity contribution in [1.29, 1.82) is 0 Å². The fourth-order valence-electron chi connectivity index (χ4n) is 8.19. The summed E-state index contributed by atoms with van der Waals surface area (Å²) >= 11 is 0. The number of rotatable bonds is 4. The molecular formula is C24H24N2O8. The van der Waals surface area contributed by atoms with Crippen LogP contribution in [-0.4, -0.2) is 82.3 Å². The van der Waals surface area contributed by atoms with Crippen molar-refractivity contribution in [2.45, 2.75) is 88.2 Å². The number of hydrogen-bond acceptors (Lipinski definition) is 8. The molecule has 7 aliphatic heterocycles. The lowest BCUT2D eigenvalue weighted by Gasteiger charge is -2.50. The molecule has 9 rings (SSSR count). The fraction of sp³-hybridized carbons (Fsp3) is 0.667. The summed E-state index contributed by atoms with van der Waals surface area (Å²) in [5.41, 5.74) is 0.225. The summed E-state index contributed by atoms with van der Waals surface area (Å²) in [6, 6.07) is -1.23. The third-order valence-electron chi connectivity index (χ3n) is 9.27. The maximum absolute atomic E-state index is 13.8. The van der Waals surface area contributed by atoms with E-state index in [0.29, 0.717) is 25.7 Å². The molecule has 2 spiro atoms. The zero-order valence-electron chi connectivity index (χ0n) is 18.8. The van der Waals surface area contributed by atoms with Crippen LogP contribution in [0.4, 0.5) is 0 Å². The molecule has 10 heteroatoms. The highest BCUT2D eigenvalue weighted by Crippen LogP contribution is 2.78. The molecule has 0 aromatic rings. The van der Waals surface area contributed by atoms with E-state index < -0.39 is 41.1 Å². The molecule has 7 saturated heterocycles. The van der Waals surface area contributed by atoms with Gasteiger partial charge in [-0.2, -0.15) is 0 Å². The molecule has 34 heavy (non-hydrogen) atoms. The summed E-state index contributed by atoms with van der Waals surface area (Å²) in [4.78, 5) is 54.9. The van der Waals surface area contributed by atoms with Crippen LogP contribution in [0.25, 0.3) is 0 Å². The van der Waals surface area contributed by atoms with Gasteiger partial charge in [-0.1, -0.05) is 6.92 Å². The van der Waals surface area contributed by atoms with E-state index in [0.717, 1.165) is 11.4 Å². The van der Waals surface area contributed by atoms with E-state index in [9.17, 15) is 19.2 Å². The Morgan fingerprint density at radius 2 is 1.44 bits per heavy atom. The van der Waals surface area contributed by atoms with Crippen molar-refractivity contribution in [3.05, 3.63) is 23.5 Å². The van der Waals surface area contributed by atoms with Crippen LogP contribution in [0.5, 0.6) is 0 Å². The molecule has 0 aromatic carbocycles.